The molecule has 3 amide bonds. The van der Waals surface area contributed by atoms with Gasteiger partial charge in [0.2, 0.25) is 0 Å². The fraction of sp³-hybridized carbons (Fsp3) is 0.143. The van der Waals surface area contributed by atoms with Gasteiger partial charge in [-0.05, 0) is 17.7 Å². The number of aliphatic imine (C=N–C) groups is 2. The quantitative estimate of drug-likeness (QED) is 0.577. The molecule has 2 atom stereocenters. The highest BCUT2D eigenvalue weighted by Crippen LogP contribution is 2.38. The molecule has 3 aliphatic heterocycles. The van der Waals surface area contributed by atoms with Crippen LogP contribution in [0.1, 0.15) is 11.6 Å². The summed E-state index contributed by atoms with van der Waals surface area (Å²) in [6.07, 6.45) is 1.23. The molecule has 11 heteroatoms. The topological polar surface area (TPSA) is 117 Å². The van der Waals surface area contributed by atoms with E-state index in [0.29, 0.717) is 5.56 Å². The summed E-state index contributed by atoms with van der Waals surface area (Å²) in [6, 6.07) is 5.91. The van der Waals surface area contributed by atoms with Crippen molar-refractivity contribution in [1.29, 1.82) is 0 Å². The average molecular weight is 422 g/mol. The molecule has 1 aromatic rings. The lowest BCUT2D eigenvalue weighted by Crippen LogP contribution is -2.52. The molecule has 1 N–H and O–H groups in total. The van der Waals surface area contributed by atoms with Crippen molar-refractivity contribution in [2.45, 2.75) is 6.04 Å². The summed E-state index contributed by atoms with van der Waals surface area (Å²) in [4.78, 5) is 44.2. The molecule has 0 saturated heterocycles. The van der Waals surface area contributed by atoms with Crippen molar-refractivity contribution in [1.82, 2.24) is 10.2 Å². The summed E-state index contributed by atoms with van der Waals surface area (Å²) >= 11 is 4.12. The lowest BCUT2D eigenvalue weighted by Gasteiger charge is -2.35. The summed E-state index contributed by atoms with van der Waals surface area (Å²) in [5.41, 5.74) is 0.706. The highest BCUT2D eigenvalue weighted by atomic mass is 79.9. The van der Waals surface area contributed by atoms with Crippen LogP contribution >= 0.6 is 27.7 Å². The Bertz CT molecular complexity index is 928. The van der Waals surface area contributed by atoms with Crippen LogP contribution in [-0.2, 0) is 4.79 Å². The third-order valence-electron chi connectivity index (χ3n) is 3.85. The number of carbonyl (C=O) groups excluding carboxylic acids is 2. The monoisotopic (exact) mass is 421 g/mol. The fourth-order valence-corrected chi connectivity index (χ4v) is 4.04. The summed E-state index contributed by atoms with van der Waals surface area (Å²) < 4.78 is 0.794. The van der Waals surface area contributed by atoms with Crippen LogP contribution in [0, 0.1) is 16.0 Å². The van der Waals surface area contributed by atoms with E-state index < -0.39 is 28.8 Å². The molecule has 4 rings (SSSR count). The van der Waals surface area contributed by atoms with Crippen molar-refractivity contribution in [3.63, 3.8) is 0 Å². The second kappa shape index (κ2) is 5.77. The Balaban J connectivity index is 1.81. The number of nitrogens with one attached hydrogen (secondary N) is 1. The first-order valence-corrected chi connectivity index (χ1v) is 8.65. The molecule has 0 aliphatic carbocycles. The molecule has 3 heterocycles. The Morgan fingerprint density at radius 3 is 2.84 bits per heavy atom. The van der Waals surface area contributed by atoms with E-state index >= 15 is 0 Å². The van der Waals surface area contributed by atoms with E-state index in [1.165, 1.54) is 11.1 Å². The molecule has 0 bridgehead atoms. The van der Waals surface area contributed by atoms with Gasteiger partial charge in [0.05, 0.1) is 17.2 Å². The number of thioether (sulfide) groups is 1. The number of halogens is 1. The van der Waals surface area contributed by atoms with Gasteiger partial charge in [-0.2, -0.15) is 9.98 Å². The van der Waals surface area contributed by atoms with E-state index in [2.05, 4.69) is 31.2 Å². The molecular weight excluding hydrogens is 414 g/mol. The van der Waals surface area contributed by atoms with Crippen molar-refractivity contribution in [3.8, 4) is 0 Å². The zero-order chi connectivity index (χ0) is 17.7. The lowest BCUT2D eigenvalue weighted by atomic mass is 9.89. The molecular formula is C14H8BrN5O4S. The van der Waals surface area contributed by atoms with Gasteiger partial charge in [0.1, 0.15) is 11.8 Å². The predicted octanol–water partition coefficient (Wildman–Crippen LogP) is 2.25. The van der Waals surface area contributed by atoms with Gasteiger partial charge in [0, 0.05) is 16.2 Å². The van der Waals surface area contributed by atoms with Crippen LogP contribution < -0.4 is 5.32 Å². The number of amides is 3. The number of hydrogen-bond donors (Lipinski definition) is 1. The molecule has 0 fully saturated rings. The number of amidine groups is 2. The van der Waals surface area contributed by atoms with E-state index in [9.17, 15) is 19.7 Å². The largest absolute Gasteiger partial charge is 0.343 e. The van der Waals surface area contributed by atoms with Gasteiger partial charge in [0.25, 0.3) is 5.91 Å². The SMILES string of the molecule is O=C1N=C2C(C(=O)N=C3SC([N+](=O)[O-])=CN32)C(c2cccc(Br)c2)N1. The van der Waals surface area contributed by atoms with Gasteiger partial charge < -0.3 is 5.32 Å². The Hall–Kier alpha value is -2.53. The number of nitro groups is 1. The lowest BCUT2D eigenvalue weighted by molar-refractivity contribution is -0.410. The van der Waals surface area contributed by atoms with Gasteiger partial charge in [-0.1, -0.05) is 28.1 Å². The number of benzene rings is 1. The molecule has 0 saturated carbocycles. The number of fused-ring (bicyclic) bond motifs is 3. The Labute approximate surface area is 153 Å². The van der Waals surface area contributed by atoms with Crippen LogP contribution in [0.3, 0.4) is 0 Å². The van der Waals surface area contributed by atoms with E-state index in [-0.39, 0.29) is 16.0 Å². The van der Waals surface area contributed by atoms with Crippen molar-refractivity contribution in [3.05, 3.63) is 55.6 Å². The second-order valence-electron chi connectivity index (χ2n) is 5.36. The maximum atomic E-state index is 12.6. The van der Waals surface area contributed by atoms with Gasteiger partial charge in [0.15, 0.2) is 5.17 Å². The van der Waals surface area contributed by atoms with Crippen LogP contribution in [0.25, 0.3) is 0 Å². The van der Waals surface area contributed by atoms with Gasteiger partial charge in [-0.3, -0.25) is 19.8 Å². The summed E-state index contributed by atoms with van der Waals surface area (Å²) in [5, 5.41) is 13.6. The highest BCUT2D eigenvalue weighted by molar-refractivity contribution is 9.10. The van der Waals surface area contributed by atoms with Crippen molar-refractivity contribution < 1.29 is 14.5 Å². The van der Waals surface area contributed by atoms with E-state index in [0.717, 1.165) is 16.2 Å². The van der Waals surface area contributed by atoms with E-state index in [4.69, 9.17) is 0 Å². The first-order valence-electron chi connectivity index (χ1n) is 7.04. The molecule has 0 aromatic heterocycles. The van der Waals surface area contributed by atoms with Gasteiger partial charge in [-0.25, -0.2) is 4.79 Å². The van der Waals surface area contributed by atoms with Crippen LogP contribution in [0.2, 0.25) is 0 Å². The molecule has 3 aliphatic rings. The molecule has 0 spiro atoms. The van der Waals surface area contributed by atoms with Gasteiger partial charge in [-0.15, -0.1) is 0 Å². The van der Waals surface area contributed by atoms with Gasteiger partial charge >= 0.3 is 11.1 Å². The van der Waals surface area contributed by atoms with Crippen LogP contribution in [0.5, 0.6) is 0 Å². The summed E-state index contributed by atoms with van der Waals surface area (Å²) in [6.45, 7) is 0. The molecule has 2 unspecified atom stereocenters. The first-order chi connectivity index (χ1) is 11.9. The Morgan fingerprint density at radius 2 is 2.12 bits per heavy atom. The van der Waals surface area contributed by atoms with Crippen molar-refractivity contribution in [2.24, 2.45) is 15.9 Å². The summed E-state index contributed by atoms with van der Waals surface area (Å²) in [7, 11) is 0. The van der Waals surface area contributed by atoms with Crippen LogP contribution in [-0.4, -0.2) is 32.8 Å². The Kier molecular flexibility index (Phi) is 3.69. The second-order valence-corrected chi connectivity index (χ2v) is 7.26. The minimum Gasteiger partial charge on any atom is -0.328 e. The summed E-state index contributed by atoms with van der Waals surface area (Å²) in [5.74, 6) is -1.20. The molecule has 1 aromatic carbocycles. The highest BCUT2D eigenvalue weighted by Gasteiger charge is 2.48. The van der Waals surface area contributed by atoms with Crippen molar-refractivity contribution in [2.75, 3.05) is 0 Å². The zero-order valence-electron chi connectivity index (χ0n) is 12.2. The Morgan fingerprint density at radius 1 is 1.32 bits per heavy atom. The predicted molar refractivity (Wildman–Crippen MR) is 93.3 cm³/mol. The third-order valence-corrected chi connectivity index (χ3v) is 5.28. The maximum absolute atomic E-state index is 12.6. The fourth-order valence-electron chi connectivity index (χ4n) is 2.83. The molecule has 0 radical (unpaired) electrons. The first kappa shape index (κ1) is 16.0. The standard InChI is InChI=1S/C14H8BrN5O4S/c15-7-3-1-2-6(4-7)10-9-11(17-13(22)16-10)19-5-8(20(23)24)25-14(19)18-12(9)21/h1-5,9-10H,(H,16,22). The molecule has 126 valence electrons. The smallest absolute Gasteiger partial charge is 0.328 e. The van der Waals surface area contributed by atoms with Crippen LogP contribution in [0.15, 0.2) is 50.0 Å². The maximum Gasteiger partial charge on any atom is 0.343 e. The normalized spacial score (nSPS) is 24.7. The molecule has 9 nitrogen and oxygen atoms in total. The average Bonchev–Trinajstić information content (AvgIpc) is 2.98. The number of hydrogen-bond acceptors (Lipinski definition) is 6. The third kappa shape index (κ3) is 2.65. The van der Waals surface area contributed by atoms with Crippen molar-refractivity contribution >= 4 is 50.6 Å². The number of rotatable bonds is 2. The number of nitrogens with zero attached hydrogens (tertiary/aromatic N) is 4. The number of urea groups is 1. The minimum absolute atomic E-state index is 0.134. The number of carbonyl (C=O) groups is 2. The minimum atomic E-state index is -0.848. The van der Waals surface area contributed by atoms with E-state index in [1.807, 2.05) is 6.07 Å². The zero-order valence-corrected chi connectivity index (χ0v) is 14.7. The van der Waals surface area contributed by atoms with E-state index in [1.54, 1.807) is 18.2 Å². The molecule has 25 heavy (non-hydrogen) atoms. The van der Waals surface area contributed by atoms with Crippen LogP contribution in [0.4, 0.5) is 4.79 Å².